The topological polar surface area (TPSA) is 12.9 Å². The fourth-order valence-corrected chi connectivity index (χ4v) is 3.01. The molecule has 0 saturated carbocycles. The van der Waals surface area contributed by atoms with Crippen molar-refractivity contribution in [2.75, 3.05) is 0 Å². The quantitative estimate of drug-likeness (QED) is 0.316. The van der Waals surface area contributed by atoms with Crippen LogP contribution in [0.15, 0.2) is 24.4 Å². The van der Waals surface area contributed by atoms with Crippen LogP contribution in [0.3, 0.4) is 0 Å². The van der Waals surface area contributed by atoms with Gasteiger partial charge >= 0.3 is 0 Å². The Balaban J connectivity index is 2.61. The van der Waals surface area contributed by atoms with Crippen molar-refractivity contribution in [3.05, 3.63) is 48.2 Å². The summed E-state index contributed by atoms with van der Waals surface area (Å²) in [5.41, 5.74) is 1.77. The predicted molar refractivity (Wildman–Crippen MR) is 82.4 cm³/mol. The molecule has 0 spiro atoms. The normalized spacial score (nSPS) is 10.6. The Bertz CT molecular complexity index is 563. The van der Waals surface area contributed by atoms with E-state index in [-0.39, 0.29) is 0 Å². The first-order valence-electron chi connectivity index (χ1n) is 4.45. The van der Waals surface area contributed by atoms with E-state index in [1.54, 1.807) is 24.4 Å². The lowest BCUT2D eigenvalue weighted by atomic mass is 10.1. The average Bonchev–Trinajstić information content (AvgIpc) is 2.25. The van der Waals surface area contributed by atoms with Crippen molar-refractivity contribution in [2.24, 2.45) is 0 Å². The lowest BCUT2D eigenvalue weighted by molar-refractivity contribution is 1.31. The average molecular weight is 419 g/mol. The van der Waals surface area contributed by atoms with Gasteiger partial charge in [-0.2, -0.15) is 0 Å². The summed E-state index contributed by atoms with van der Waals surface area (Å²) in [5, 5.41) is 1.64. The molecule has 0 aliphatic carbocycles. The third-order valence-corrected chi connectivity index (χ3v) is 4.41. The van der Waals surface area contributed by atoms with Crippen LogP contribution in [-0.4, -0.2) is 4.98 Å². The smallest absolute Gasteiger partial charge is 0.130 e. The van der Waals surface area contributed by atoms with Gasteiger partial charge in [-0.3, -0.25) is 0 Å². The van der Waals surface area contributed by atoms with E-state index in [1.165, 1.54) is 0 Å². The second kappa shape index (κ2) is 5.49. The molecular formula is C11H4Cl4IN. The molecule has 0 amide bonds. The van der Waals surface area contributed by atoms with Gasteiger partial charge in [-0.25, -0.2) is 4.98 Å². The van der Waals surface area contributed by atoms with Crippen LogP contribution in [0, 0.1) is 3.57 Å². The van der Waals surface area contributed by atoms with Gasteiger partial charge in [0, 0.05) is 15.3 Å². The molecule has 2 aromatic rings. The summed E-state index contributed by atoms with van der Waals surface area (Å²) in [6.07, 6.45) is 1.68. The van der Waals surface area contributed by atoms with Crippen LogP contribution in [0.25, 0.3) is 11.1 Å². The number of rotatable bonds is 1. The molecular weight excluding hydrogens is 415 g/mol. The minimum atomic E-state index is 0.356. The molecule has 0 fully saturated rings. The van der Waals surface area contributed by atoms with E-state index in [1.807, 2.05) is 0 Å². The number of aromatic nitrogens is 1. The van der Waals surface area contributed by atoms with Crippen molar-refractivity contribution in [3.63, 3.8) is 0 Å². The number of hydrogen-bond acceptors (Lipinski definition) is 1. The van der Waals surface area contributed by atoms with E-state index in [4.69, 9.17) is 46.4 Å². The van der Waals surface area contributed by atoms with Gasteiger partial charge in [-0.1, -0.05) is 46.4 Å². The third-order valence-electron chi connectivity index (χ3n) is 2.11. The molecule has 0 atom stereocenters. The highest BCUT2D eigenvalue weighted by molar-refractivity contribution is 14.1. The first-order chi connectivity index (χ1) is 7.99. The van der Waals surface area contributed by atoms with Crippen LogP contribution in [0.5, 0.6) is 0 Å². The Labute approximate surface area is 132 Å². The molecule has 0 aliphatic rings. The van der Waals surface area contributed by atoms with Gasteiger partial charge in [-0.05, 0) is 46.4 Å². The maximum Gasteiger partial charge on any atom is 0.130 e. The van der Waals surface area contributed by atoms with E-state index in [0.717, 1.165) is 14.7 Å². The number of halogens is 5. The van der Waals surface area contributed by atoms with E-state index in [0.29, 0.717) is 20.2 Å². The van der Waals surface area contributed by atoms with Gasteiger partial charge in [-0.15, -0.1) is 0 Å². The molecule has 0 radical (unpaired) electrons. The molecule has 0 saturated heterocycles. The van der Waals surface area contributed by atoms with Crippen LogP contribution >= 0.6 is 69.0 Å². The van der Waals surface area contributed by atoms with Gasteiger partial charge in [0.2, 0.25) is 0 Å². The zero-order valence-corrected chi connectivity index (χ0v) is 13.3. The van der Waals surface area contributed by atoms with E-state index in [9.17, 15) is 0 Å². The molecule has 0 aliphatic heterocycles. The minimum Gasteiger partial charge on any atom is -0.244 e. The lowest BCUT2D eigenvalue weighted by Crippen LogP contribution is -1.87. The van der Waals surface area contributed by atoms with Gasteiger partial charge in [0.15, 0.2) is 0 Å². The Morgan fingerprint density at radius 3 is 2.06 bits per heavy atom. The number of nitrogens with zero attached hydrogens (tertiary/aromatic N) is 1. The molecule has 17 heavy (non-hydrogen) atoms. The predicted octanol–water partition coefficient (Wildman–Crippen LogP) is 5.97. The highest BCUT2D eigenvalue weighted by Gasteiger charge is 2.10. The Hall–Kier alpha value is 0.260. The van der Waals surface area contributed by atoms with E-state index < -0.39 is 0 Å². The largest absolute Gasteiger partial charge is 0.244 e. The van der Waals surface area contributed by atoms with Crippen LogP contribution in [0.2, 0.25) is 20.2 Å². The Morgan fingerprint density at radius 2 is 1.53 bits per heavy atom. The van der Waals surface area contributed by atoms with Crippen molar-refractivity contribution in [1.82, 2.24) is 4.98 Å². The summed E-state index contributed by atoms with van der Waals surface area (Å²) < 4.78 is 0.969. The summed E-state index contributed by atoms with van der Waals surface area (Å²) in [4.78, 5) is 4.04. The van der Waals surface area contributed by atoms with Crippen molar-refractivity contribution in [2.45, 2.75) is 0 Å². The van der Waals surface area contributed by atoms with Crippen LogP contribution < -0.4 is 0 Å². The fourth-order valence-electron chi connectivity index (χ4n) is 1.33. The second-order valence-corrected chi connectivity index (χ2v) is 5.98. The number of hydrogen-bond donors (Lipinski definition) is 0. The van der Waals surface area contributed by atoms with Crippen molar-refractivity contribution < 1.29 is 0 Å². The first-order valence-corrected chi connectivity index (χ1v) is 7.04. The fraction of sp³-hybridized carbons (Fsp3) is 0. The summed E-state index contributed by atoms with van der Waals surface area (Å²) in [7, 11) is 0. The number of benzene rings is 1. The molecule has 0 N–H and O–H groups in total. The van der Waals surface area contributed by atoms with Crippen molar-refractivity contribution >= 4 is 69.0 Å². The summed E-state index contributed by atoms with van der Waals surface area (Å²) in [5.74, 6) is 0. The first kappa shape index (κ1) is 13.7. The Morgan fingerprint density at radius 1 is 0.941 bits per heavy atom. The second-order valence-electron chi connectivity index (χ2n) is 3.24. The zero-order chi connectivity index (χ0) is 12.6. The third kappa shape index (κ3) is 2.99. The van der Waals surface area contributed by atoms with E-state index in [2.05, 4.69) is 27.6 Å². The minimum absolute atomic E-state index is 0.356. The monoisotopic (exact) mass is 417 g/mol. The molecule has 1 heterocycles. The van der Waals surface area contributed by atoms with Gasteiger partial charge in [0.25, 0.3) is 0 Å². The summed E-state index contributed by atoms with van der Waals surface area (Å²) >= 11 is 25.9. The molecule has 0 bridgehead atoms. The van der Waals surface area contributed by atoms with E-state index >= 15 is 0 Å². The van der Waals surface area contributed by atoms with Gasteiger partial charge in [0.05, 0.1) is 15.1 Å². The molecule has 2 rings (SSSR count). The van der Waals surface area contributed by atoms with Crippen LogP contribution in [-0.2, 0) is 0 Å². The SMILES string of the molecule is Clc1cc(I)c(-c2cc(Cl)c(Cl)c(Cl)c2)cn1. The molecule has 1 aromatic heterocycles. The molecule has 1 aromatic carbocycles. The van der Waals surface area contributed by atoms with Crippen molar-refractivity contribution in [1.29, 1.82) is 0 Å². The zero-order valence-electron chi connectivity index (χ0n) is 8.15. The van der Waals surface area contributed by atoms with Crippen LogP contribution in [0.1, 0.15) is 0 Å². The van der Waals surface area contributed by atoms with Crippen LogP contribution in [0.4, 0.5) is 0 Å². The molecule has 0 unspecified atom stereocenters. The molecule has 6 heteroatoms. The highest BCUT2D eigenvalue weighted by Crippen LogP contribution is 2.36. The number of pyridine rings is 1. The van der Waals surface area contributed by atoms with Crippen molar-refractivity contribution in [3.8, 4) is 11.1 Å². The summed E-state index contributed by atoms with van der Waals surface area (Å²) in [6, 6.07) is 5.28. The highest BCUT2D eigenvalue weighted by atomic mass is 127. The lowest BCUT2D eigenvalue weighted by Gasteiger charge is -2.07. The molecule has 1 nitrogen and oxygen atoms in total. The standard InChI is InChI=1S/C11H4Cl4IN/c12-7-1-5(2-8(13)11(7)15)6-4-17-10(14)3-9(6)16/h1-4H. The maximum atomic E-state index is 5.99. The Kier molecular flexibility index (Phi) is 4.42. The summed E-state index contributed by atoms with van der Waals surface area (Å²) in [6.45, 7) is 0. The van der Waals surface area contributed by atoms with Gasteiger partial charge < -0.3 is 0 Å². The molecule has 88 valence electrons. The maximum absolute atomic E-state index is 5.99. The van der Waals surface area contributed by atoms with Gasteiger partial charge in [0.1, 0.15) is 5.15 Å².